The standard InChI is InChI=1S/C11H14N4O6S/c1-6-12-13-9(20-6)7-4-11(2-3-11)8-5-14(7)10(16)15(8)21-22(17,18)19/h7-8H,2-5H2,1H3,(H,17,18,19)/t7-,8?/m0/s1. The zero-order valence-corrected chi connectivity index (χ0v) is 12.5. The van der Waals surface area contributed by atoms with Gasteiger partial charge in [-0.25, -0.2) is 4.79 Å². The predicted molar refractivity (Wildman–Crippen MR) is 68.4 cm³/mol. The van der Waals surface area contributed by atoms with Crippen LogP contribution in [0.1, 0.15) is 37.1 Å². The Morgan fingerprint density at radius 2 is 2.14 bits per heavy atom. The monoisotopic (exact) mass is 330 g/mol. The summed E-state index contributed by atoms with van der Waals surface area (Å²) in [6, 6.07) is -1.42. The molecule has 10 nitrogen and oxygen atoms in total. The van der Waals surface area contributed by atoms with Crippen molar-refractivity contribution in [2.75, 3.05) is 6.54 Å². The number of carbonyl (C=O) groups is 1. The topological polar surface area (TPSA) is 126 Å². The van der Waals surface area contributed by atoms with E-state index in [4.69, 9.17) is 8.97 Å². The number of piperidine rings is 1. The molecule has 2 amide bonds. The number of rotatable bonds is 3. The van der Waals surface area contributed by atoms with Gasteiger partial charge in [0.05, 0.1) is 6.04 Å². The lowest BCUT2D eigenvalue weighted by molar-refractivity contribution is -0.0530. The molecule has 1 spiro atoms. The molecule has 4 rings (SSSR count). The van der Waals surface area contributed by atoms with Crippen molar-refractivity contribution in [1.29, 1.82) is 0 Å². The summed E-state index contributed by atoms with van der Waals surface area (Å²) in [5, 5.41) is 8.53. The number of hydrogen-bond donors (Lipinski definition) is 1. The van der Waals surface area contributed by atoms with Crippen LogP contribution >= 0.6 is 0 Å². The van der Waals surface area contributed by atoms with Gasteiger partial charge in [-0.2, -0.15) is 13.5 Å². The minimum absolute atomic E-state index is 0.222. The van der Waals surface area contributed by atoms with Crippen molar-refractivity contribution in [3.05, 3.63) is 11.8 Å². The second-order valence-corrected chi connectivity index (χ2v) is 7.02. The third kappa shape index (κ3) is 2.00. The van der Waals surface area contributed by atoms with Crippen LogP contribution in [0.25, 0.3) is 0 Å². The molecule has 2 aliphatic heterocycles. The molecule has 2 saturated heterocycles. The molecule has 22 heavy (non-hydrogen) atoms. The normalized spacial score (nSPS) is 29.5. The van der Waals surface area contributed by atoms with Gasteiger partial charge in [0.2, 0.25) is 11.8 Å². The second kappa shape index (κ2) is 4.18. The molecule has 11 heteroatoms. The van der Waals surface area contributed by atoms with Gasteiger partial charge in [-0.3, -0.25) is 4.55 Å². The van der Waals surface area contributed by atoms with Gasteiger partial charge in [0.25, 0.3) is 0 Å². The van der Waals surface area contributed by atoms with E-state index in [9.17, 15) is 13.2 Å². The van der Waals surface area contributed by atoms with Crippen LogP contribution < -0.4 is 0 Å². The molecule has 1 aliphatic carbocycles. The molecule has 1 aromatic rings. The molecular formula is C11H14N4O6S. The van der Waals surface area contributed by atoms with Crippen molar-refractivity contribution < 1.29 is 26.5 Å². The van der Waals surface area contributed by atoms with Gasteiger partial charge in [0.15, 0.2) is 0 Å². The van der Waals surface area contributed by atoms with Crippen molar-refractivity contribution >= 4 is 16.4 Å². The average molecular weight is 330 g/mol. The van der Waals surface area contributed by atoms with E-state index in [0.29, 0.717) is 24.7 Å². The van der Waals surface area contributed by atoms with Gasteiger partial charge in [-0.1, -0.05) is 0 Å². The first-order chi connectivity index (χ1) is 10.3. The van der Waals surface area contributed by atoms with E-state index < -0.39 is 28.5 Å². The molecule has 1 aromatic heterocycles. The van der Waals surface area contributed by atoms with Gasteiger partial charge in [0, 0.05) is 13.5 Å². The molecule has 1 unspecified atom stereocenters. The Bertz CT molecular complexity index is 742. The van der Waals surface area contributed by atoms with E-state index in [-0.39, 0.29) is 5.41 Å². The Morgan fingerprint density at radius 1 is 1.41 bits per heavy atom. The second-order valence-electron chi connectivity index (χ2n) is 6.02. The lowest BCUT2D eigenvalue weighted by atomic mass is 9.85. The van der Waals surface area contributed by atoms with Crippen molar-refractivity contribution in [2.24, 2.45) is 5.41 Å². The summed E-state index contributed by atoms with van der Waals surface area (Å²) in [6.07, 6.45) is 2.32. The van der Waals surface area contributed by atoms with Crippen molar-refractivity contribution in [3.8, 4) is 0 Å². The highest BCUT2D eigenvalue weighted by Crippen LogP contribution is 2.61. The molecule has 120 valence electrons. The van der Waals surface area contributed by atoms with Gasteiger partial charge in [-0.05, 0) is 24.7 Å². The minimum atomic E-state index is -4.75. The molecule has 1 N–H and O–H groups in total. The van der Waals surface area contributed by atoms with Crippen LogP contribution in [0.15, 0.2) is 4.42 Å². The molecule has 0 aromatic carbocycles. The summed E-state index contributed by atoms with van der Waals surface area (Å²) in [7, 11) is -4.75. The molecule has 0 radical (unpaired) electrons. The number of carbonyl (C=O) groups excluding carboxylic acids is 1. The number of fused-ring (bicyclic) bond motifs is 3. The number of amides is 2. The number of nitrogens with zero attached hydrogens (tertiary/aromatic N) is 4. The molecule has 1 saturated carbocycles. The summed E-state index contributed by atoms with van der Waals surface area (Å²) in [6.45, 7) is 1.97. The minimum Gasteiger partial charge on any atom is -0.423 e. The Balaban J connectivity index is 1.70. The maximum absolute atomic E-state index is 12.4. The number of aromatic nitrogens is 2. The van der Waals surface area contributed by atoms with Gasteiger partial charge in [0.1, 0.15) is 6.04 Å². The molecule has 3 heterocycles. The zero-order valence-electron chi connectivity index (χ0n) is 11.7. The van der Waals surface area contributed by atoms with Crippen LogP contribution in [0, 0.1) is 12.3 Å². The first-order valence-electron chi connectivity index (χ1n) is 6.86. The van der Waals surface area contributed by atoms with Gasteiger partial charge < -0.3 is 9.32 Å². The maximum Gasteiger partial charge on any atom is 0.418 e. The quantitative estimate of drug-likeness (QED) is 0.791. The SMILES string of the molecule is Cc1nnc([C@@H]2CC3(CC3)C3CN2C(=O)N3OS(=O)(=O)O)o1. The lowest BCUT2D eigenvalue weighted by Gasteiger charge is -2.34. The van der Waals surface area contributed by atoms with Crippen LogP contribution in [0.3, 0.4) is 0 Å². The third-order valence-electron chi connectivity index (χ3n) is 4.66. The highest BCUT2D eigenvalue weighted by molar-refractivity contribution is 7.80. The van der Waals surface area contributed by atoms with Crippen LogP contribution in [-0.2, 0) is 14.7 Å². The van der Waals surface area contributed by atoms with Crippen LogP contribution in [0.2, 0.25) is 0 Å². The van der Waals surface area contributed by atoms with Crippen molar-refractivity contribution in [3.63, 3.8) is 0 Å². The predicted octanol–water partition coefficient (Wildman–Crippen LogP) is 0.444. The van der Waals surface area contributed by atoms with Crippen LogP contribution in [0.5, 0.6) is 0 Å². The van der Waals surface area contributed by atoms with Crippen molar-refractivity contribution in [1.82, 2.24) is 20.2 Å². The van der Waals surface area contributed by atoms with Crippen LogP contribution in [0.4, 0.5) is 4.79 Å². The Labute approximate surface area is 125 Å². The lowest BCUT2D eigenvalue weighted by Crippen LogP contribution is -2.43. The summed E-state index contributed by atoms with van der Waals surface area (Å²) < 4.78 is 40.8. The highest BCUT2D eigenvalue weighted by atomic mass is 32.3. The van der Waals surface area contributed by atoms with E-state index in [1.54, 1.807) is 6.92 Å². The molecule has 3 fully saturated rings. The fourth-order valence-corrected chi connectivity index (χ4v) is 3.85. The fraction of sp³-hybridized carbons (Fsp3) is 0.727. The number of hydroxylamine groups is 2. The van der Waals surface area contributed by atoms with Crippen LogP contribution in [-0.4, -0.2) is 51.7 Å². The number of hydrogen-bond acceptors (Lipinski definition) is 7. The van der Waals surface area contributed by atoms with E-state index in [1.807, 2.05) is 0 Å². The van der Waals surface area contributed by atoms with Crippen molar-refractivity contribution in [2.45, 2.75) is 38.3 Å². The zero-order chi connectivity index (χ0) is 15.7. The molecular weight excluding hydrogens is 316 g/mol. The Morgan fingerprint density at radius 3 is 2.68 bits per heavy atom. The van der Waals surface area contributed by atoms with E-state index in [0.717, 1.165) is 17.9 Å². The number of urea groups is 1. The van der Waals surface area contributed by atoms with E-state index in [2.05, 4.69) is 14.5 Å². The molecule has 2 bridgehead atoms. The summed E-state index contributed by atoms with van der Waals surface area (Å²) in [5.74, 6) is 0.740. The van der Waals surface area contributed by atoms with E-state index in [1.165, 1.54) is 4.90 Å². The Hall–Kier alpha value is -1.72. The summed E-state index contributed by atoms with van der Waals surface area (Å²) in [4.78, 5) is 13.9. The smallest absolute Gasteiger partial charge is 0.418 e. The maximum atomic E-state index is 12.4. The third-order valence-corrected chi connectivity index (χ3v) is 5.01. The molecule has 2 atom stereocenters. The summed E-state index contributed by atoms with van der Waals surface area (Å²) >= 11 is 0. The largest absolute Gasteiger partial charge is 0.423 e. The van der Waals surface area contributed by atoms with E-state index >= 15 is 0 Å². The highest BCUT2D eigenvalue weighted by Gasteiger charge is 2.64. The number of aryl methyl sites for hydroxylation is 1. The first-order valence-corrected chi connectivity index (χ1v) is 8.22. The molecule has 3 aliphatic rings. The summed E-state index contributed by atoms with van der Waals surface area (Å²) in [5.41, 5.74) is -0.222. The van der Waals surface area contributed by atoms with Gasteiger partial charge in [-0.15, -0.1) is 14.5 Å². The Kier molecular flexibility index (Phi) is 2.64. The average Bonchev–Trinajstić information content (AvgIpc) is 2.96. The van der Waals surface area contributed by atoms with Gasteiger partial charge >= 0.3 is 16.4 Å². The fourth-order valence-electron chi connectivity index (χ4n) is 3.48. The first kappa shape index (κ1) is 13.9.